The number of piperidine rings is 1. The molecule has 58 heavy (non-hydrogen) atoms. The van der Waals surface area contributed by atoms with Crippen molar-refractivity contribution < 1.29 is 37.1 Å². The van der Waals surface area contributed by atoms with Gasteiger partial charge in [0.2, 0.25) is 23.7 Å². The molecule has 302 valence electrons. The Kier molecular flexibility index (Phi) is 11.2. The molecule has 2 fully saturated rings. The van der Waals surface area contributed by atoms with E-state index in [9.17, 15) is 32.4 Å². The number of ether oxygens (including phenoxy) is 1. The molecule has 4 heterocycles. The van der Waals surface area contributed by atoms with Gasteiger partial charge in [0.15, 0.2) is 15.7 Å². The summed E-state index contributed by atoms with van der Waals surface area (Å²) in [5, 5.41) is 11.0. The van der Waals surface area contributed by atoms with Crippen LogP contribution in [0.25, 0.3) is 0 Å². The van der Waals surface area contributed by atoms with Gasteiger partial charge in [-0.1, -0.05) is 29.8 Å². The average molecular weight is 830 g/mol. The van der Waals surface area contributed by atoms with E-state index in [1.54, 1.807) is 49.1 Å². The number of piperazine rings is 1. The number of nitrogens with one attached hydrogen (secondary N) is 4. The van der Waals surface area contributed by atoms with E-state index >= 15 is 0 Å². The molecule has 1 unspecified atom stereocenters. The molecular formula is C39H40ClN9O8S. The van der Waals surface area contributed by atoms with E-state index in [0.717, 1.165) is 10.6 Å². The number of fused-ring (bicyclic) bond motifs is 1. The van der Waals surface area contributed by atoms with Gasteiger partial charge in [-0.15, -0.1) is 0 Å². The maximum Gasteiger partial charge on any atom is 0.264 e. The third kappa shape index (κ3) is 7.84. The van der Waals surface area contributed by atoms with Crippen molar-refractivity contribution in [3.05, 3.63) is 83.0 Å². The van der Waals surface area contributed by atoms with Crippen LogP contribution in [0.4, 0.5) is 34.5 Å². The molecule has 4 N–H and O–H groups in total. The predicted molar refractivity (Wildman–Crippen MR) is 216 cm³/mol. The fourth-order valence-electron chi connectivity index (χ4n) is 6.97. The molecule has 17 nitrogen and oxygen atoms in total. The van der Waals surface area contributed by atoms with E-state index in [0.29, 0.717) is 49.0 Å². The number of carbonyl (C=O) groups excluding carboxylic acids is 5. The second-order valence-electron chi connectivity index (χ2n) is 14.0. The maximum absolute atomic E-state index is 13.4. The highest BCUT2D eigenvalue weighted by atomic mass is 35.5. The first-order valence-electron chi connectivity index (χ1n) is 18.5. The second-order valence-corrected chi connectivity index (χ2v) is 16.9. The smallest absolute Gasteiger partial charge is 0.264 e. The molecule has 0 bridgehead atoms. The van der Waals surface area contributed by atoms with Crippen molar-refractivity contribution in [2.45, 2.75) is 42.9 Å². The van der Waals surface area contributed by atoms with Crippen LogP contribution in [0, 0.1) is 0 Å². The Hall–Kier alpha value is -6.27. The van der Waals surface area contributed by atoms with Crippen LogP contribution in [0.15, 0.2) is 71.8 Å². The monoisotopic (exact) mass is 829 g/mol. The molecular weight excluding hydrogens is 790 g/mol. The number of hydrogen-bond donors (Lipinski definition) is 4. The van der Waals surface area contributed by atoms with Crippen molar-refractivity contribution in [1.29, 1.82) is 0 Å². The van der Waals surface area contributed by atoms with Crippen molar-refractivity contribution in [3.63, 3.8) is 0 Å². The summed E-state index contributed by atoms with van der Waals surface area (Å²) in [7, 11) is -2.06. The number of halogens is 1. The number of aromatic nitrogens is 2. The summed E-state index contributed by atoms with van der Waals surface area (Å²) in [4.78, 5) is 77.7. The zero-order valence-electron chi connectivity index (χ0n) is 31.7. The van der Waals surface area contributed by atoms with Crippen LogP contribution < -0.4 is 30.9 Å². The molecule has 2 saturated heterocycles. The summed E-state index contributed by atoms with van der Waals surface area (Å²) in [6, 6.07) is 15.7. The van der Waals surface area contributed by atoms with Crippen molar-refractivity contribution in [2.75, 3.05) is 60.7 Å². The van der Waals surface area contributed by atoms with E-state index in [-0.39, 0.29) is 58.1 Å². The Morgan fingerprint density at radius 1 is 0.948 bits per heavy atom. The Balaban J connectivity index is 0.965. The predicted octanol–water partition coefficient (Wildman–Crippen LogP) is 3.97. The Labute approximate surface area is 339 Å². The third-order valence-electron chi connectivity index (χ3n) is 10.1. The van der Waals surface area contributed by atoms with Gasteiger partial charge >= 0.3 is 0 Å². The number of methoxy groups -OCH3 is 1. The quantitative estimate of drug-likeness (QED) is 0.149. The van der Waals surface area contributed by atoms with Gasteiger partial charge in [-0.3, -0.25) is 34.2 Å². The minimum Gasteiger partial charge on any atom is -0.494 e. The SMILES string of the molecule is COc1cc(N2CCN(C(=O)CNc3cccc4c3C(=O)N(C3CCC(=O)NC3=O)C4=O)CC2)ccc1Nc1ncc(Cl)c(Nc2ccccc2S(=O)(=O)C(C)C)n1. The third-order valence-corrected chi connectivity index (χ3v) is 12.6. The summed E-state index contributed by atoms with van der Waals surface area (Å²) in [6.07, 6.45) is 1.46. The lowest BCUT2D eigenvalue weighted by molar-refractivity contribution is -0.136. The molecule has 3 aliphatic heterocycles. The van der Waals surface area contributed by atoms with Crippen LogP contribution >= 0.6 is 11.6 Å². The van der Waals surface area contributed by atoms with Crippen LogP contribution in [-0.2, 0) is 24.2 Å². The first kappa shape index (κ1) is 39.9. The molecule has 0 spiro atoms. The van der Waals surface area contributed by atoms with Crippen molar-refractivity contribution >= 4 is 85.5 Å². The summed E-state index contributed by atoms with van der Waals surface area (Å²) < 4.78 is 31.7. The number of hydrogen-bond acceptors (Lipinski definition) is 14. The molecule has 5 amide bonds. The van der Waals surface area contributed by atoms with Crippen molar-refractivity contribution in [3.8, 4) is 5.75 Å². The van der Waals surface area contributed by atoms with Gasteiger partial charge in [0.1, 0.15) is 16.8 Å². The largest absolute Gasteiger partial charge is 0.494 e. The van der Waals surface area contributed by atoms with Gasteiger partial charge in [0.05, 0.1) is 52.5 Å². The lowest BCUT2D eigenvalue weighted by Gasteiger charge is -2.36. The molecule has 1 atom stereocenters. The Morgan fingerprint density at radius 3 is 2.41 bits per heavy atom. The zero-order chi connectivity index (χ0) is 41.3. The number of para-hydroxylation sites is 1. The minimum atomic E-state index is -3.60. The lowest BCUT2D eigenvalue weighted by atomic mass is 10.0. The second kappa shape index (κ2) is 16.3. The minimum absolute atomic E-state index is 0.0142. The van der Waals surface area contributed by atoms with E-state index in [1.807, 2.05) is 18.2 Å². The van der Waals surface area contributed by atoms with E-state index < -0.39 is 44.8 Å². The van der Waals surface area contributed by atoms with Gasteiger partial charge in [-0.2, -0.15) is 4.98 Å². The van der Waals surface area contributed by atoms with Crippen LogP contribution in [0.2, 0.25) is 5.02 Å². The van der Waals surface area contributed by atoms with Crippen molar-refractivity contribution in [2.24, 2.45) is 0 Å². The summed E-state index contributed by atoms with van der Waals surface area (Å²) in [6.45, 7) is 5.00. The number of carbonyl (C=O) groups is 5. The molecule has 0 saturated carbocycles. The Morgan fingerprint density at radius 2 is 1.69 bits per heavy atom. The van der Waals surface area contributed by atoms with Crippen LogP contribution in [0.5, 0.6) is 5.75 Å². The first-order chi connectivity index (χ1) is 27.8. The Bertz CT molecular complexity index is 2440. The van der Waals surface area contributed by atoms with Gasteiger partial charge in [0.25, 0.3) is 11.8 Å². The van der Waals surface area contributed by atoms with Crippen LogP contribution in [-0.4, -0.2) is 109 Å². The molecule has 3 aromatic carbocycles. The number of amides is 5. The lowest BCUT2D eigenvalue weighted by Crippen LogP contribution is -2.54. The first-order valence-corrected chi connectivity index (χ1v) is 20.4. The van der Waals surface area contributed by atoms with E-state index in [4.69, 9.17) is 16.3 Å². The molecule has 4 aromatic rings. The standard InChI is InChI=1S/C39H40ClN9O8S/c1-22(2)58(55,56)31-10-5-4-8-27(31)43-35-25(40)20-42-39(46-35)44-26-12-11-23(19-30(26)57-3)47-15-17-48(18-16-47)33(51)21-41-28-9-6-7-24-34(28)38(54)49(37(24)53)29-13-14-32(50)45-36(29)52/h4-12,19-20,22,29,41H,13-18,21H2,1-3H3,(H,45,50,52)(H2,42,43,44,46). The average Bonchev–Trinajstić information content (AvgIpc) is 3.47. The van der Waals surface area contributed by atoms with Gasteiger partial charge in [-0.05, 0) is 56.7 Å². The number of anilines is 6. The zero-order valence-corrected chi connectivity index (χ0v) is 33.3. The summed E-state index contributed by atoms with van der Waals surface area (Å²) in [5.41, 5.74) is 2.27. The normalized spacial score (nSPS) is 17.0. The topological polar surface area (TPSA) is 212 Å². The van der Waals surface area contributed by atoms with Gasteiger partial charge in [-0.25, -0.2) is 13.4 Å². The van der Waals surface area contributed by atoms with E-state index in [2.05, 4.69) is 36.1 Å². The maximum atomic E-state index is 13.4. The molecule has 0 aliphatic carbocycles. The number of rotatable bonds is 12. The van der Waals surface area contributed by atoms with Crippen LogP contribution in [0.1, 0.15) is 47.4 Å². The highest BCUT2D eigenvalue weighted by Crippen LogP contribution is 2.35. The van der Waals surface area contributed by atoms with Crippen molar-refractivity contribution in [1.82, 2.24) is 25.1 Å². The fraction of sp³-hybridized carbons (Fsp3) is 0.308. The highest BCUT2D eigenvalue weighted by Gasteiger charge is 2.45. The van der Waals surface area contributed by atoms with Gasteiger partial charge < -0.3 is 30.5 Å². The highest BCUT2D eigenvalue weighted by molar-refractivity contribution is 7.92. The summed E-state index contributed by atoms with van der Waals surface area (Å²) in [5.74, 6) is -1.74. The summed E-state index contributed by atoms with van der Waals surface area (Å²) >= 11 is 6.42. The number of nitrogens with zero attached hydrogens (tertiary/aromatic N) is 5. The number of imide groups is 2. The molecule has 3 aliphatic rings. The molecule has 19 heteroatoms. The fourth-order valence-corrected chi connectivity index (χ4v) is 8.31. The number of sulfone groups is 1. The number of benzene rings is 3. The molecule has 0 radical (unpaired) electrons. The molecule has 1 aromatic heterocycles. The molecule has 7 rings (SSSR count). The van der Waals surface area contributed by atoms with E-state index in [1.165, 1.54) is 25.4 Å². The van der Waals surface area contributed by atoms with Crippen LogP contribution in [0.3, 0.4) is 0 Å². The van der Waals surface area contributed by atoms with Gasteiger partial charge in [0, 0.05) is 50.0 Å².